The number of carbonyl (C=O) groups is 2. The van der Waals surface area contributed by atoms with E-state index in [0.717, 1.165) is 71.5 Å². The van der Waals surface area contributed by atoms with Gasteiger partial charge in [0.2, 0.25) is 0 Å². The number of aromatic nitrogens is 4. The van der Waals surface area contributed by atoms with Crippen LogP contribution in [0.1, 0.15) is 71.4 Å². The average molecular weight is 655 g/mol. The smallest absolute Gasteiger partial charge is 0.352 e. The van der Waals surface area contributed by atoms with Crippen LogP contribution in [-0.2, 0) is 40.3 Å². The zero-order valence-electron chi connectivity index (χ0n) is 29.0. The molecular weight excluding hydrogens is 606 g/mol. The molecule has 0 aliphatic rings. The number of hydrogen-bond donors (Lipinski definition) is 2. The van der Waals surface area contributed by atoms with Crippen molar-refractivity contribution in [1.29, 1.82) is 0 Å². The van der Waals surface area contributed by atoms with E-state index in [1.54, 1.807) is 35.4 Å². The molecule has 0 unspecified atom stereocenters. The number of nitrogens with zero attached hydrogens (tertiary/aromatic N) is 7. The second kappa shape index (κ2) is 16.5. The minimum absolute atomic E-state index is 0.219. The highest BCUT2D eigenvalue weighted by molar-refractivity contribution is 5.88. The topological polar surface area (TPSA) is 120 Å². The van der Waals surface area contributed by atoms with Crippen molar-refractivity contribution in [2.24, 2.45) is 14.1 Å². The molecule has 48 heavy (non-hydrogen) atoms. The minimum atomic E-state index is -0.973. The fourth-order valence-corrected chi connectivity index (χ4v) is 6.09. The van der Waals surface area contributed by atoms with E-state index in [0.29, 0.717) is 32.7 Å². The average Bonchev–Trinajstić information content (AvgIpc) is 3.64. The van der Waals surface area contributed by atoms with Gasteiger partial charge in [0.25, 0.3) is 0 Å². The molecule has 0 atom stereocenters. The van der Waals surface area contributed by atoms with Crippen molar-refractivity contribution in [3.05, 3.63) is 95.3 Å². The molecule has 0 aliphatic heterocycles. The predicted octanol–water partition coefficient (Wildman–Crippen LogP) is 5.56. The SMILES string of the molecule is C=[C-]CN(Cc1cc(-c2ccc(C(=O)O)n2C)cc(CN(CC)CC)n1)Cc1cc(-c2ccc(C(=O)O)n2C)cc(CN(CC)CC)n1. The van der Waals surface area contributed by atoms with Crippen LogP contribution < -0.4 is 0 Å². The molecule has 0 radical (unpaired) electrons. The van der Waals surface area contributed by atoms with Crippen LogP contribution in [0.2, 0.25) is 0 Å². The van der Waals surface area contributed by atoms with Gasteiger partial charge < -0.3 is 30.3 Å². The Kier molecular flexibility index (Phi) is 12.5. The highest BCUT2D eigenvalue weighted by atomic mass is 16.4. The first kappa shape index (κ1) is 36.3. The molecule has 4 aromatic heterocycles. The van der Waals surface area contributed by atoms with Crippen molar-refractivity contribution >= 4 is 11.9 Å². The van der Waals surface area contributed by atoms with Crippen molar-refractivity contribution in [2.45, 2.75) is 53.9 Å². The van der Waals surface area contributed by atoms with Crippen molar-refractivity contribution in [3.8, 4) is 22.5 Å². The summed E-state index contributed by atoms with van der Waals surface area (Å²) in [5, 5.41) is 19.3. The molecule has 256 valence electrons. The van der Waals surface area contributed by atoms with Crippen LogP contribution in [0.4, 0.5) is 0 Å². The van der Waals surface area contributed by atoms with Crippen LogP contribution in [0.15, 0.2) is 55.1 Å². The van der Waals surface area contributed by atoms with E-state index in [-0.39, 0.29) is 11.4 Å². The van der Waals surface area contributed by atoms with Crippen molar-refractivity contribution < 1.29 is 19.8 Å². The van der Waals surface area contributed by atoms with Crippen molar-refractivity contribution in [3.63, 3.8) is 0 Å². The van der Waals surface area contributed by atoms with E-state index in [1.807, 2.05) is 36.4 Å². The standard InChI is InChI=1S/C37H48N7O4/c1-8-17-44(24-30-20-26(18-28(38-30)22-42(9-2)10-3)32-13-15-34(36(45)46)40(32)6)25-31-21-27(19-29(39-31)23-43(11-4)12-5)33-14-16-35(37(47)48)41(33)7/h13-16,18-21H,1,9-12,17,22-25H2,2-7H3,(H,45,46)(H,47,48)/q-1. The van der Waals surface area contributed by atoms with Gasteiger partial charge in [-0.2, -0.15) is 0 Å². The van der Waals surface area contributed by atoms with Gasteiger partial charge in [0.1, 0.15) is 11.4 Å². The molecule has 0 aliphatic carbocycles. The van der Waals surface area contributed by atoms with Crippen molar-refractivity contribution in [2.75, 3.05) is 32.7 Å². The van der Waals surface area contributed by atoms with Crippen molar-refractivity contribution in [1.82, 2.24) is 33.8 Å². The maximum atomic E-state index is 11.8. The fraction of sp³-hybridized carbons (Fsp3) is 0.405. The Bertz CT molecular complexity index is 1610. The van der Waals surface area contributed by atoms with Crippen LogP contribution in [0.25, 0.3) is 22.5 Å². The van der Waals surface area contributed by atoms with Gasteiger partial charge in [0, 0.05) is 62.8 Å². The number of aromatic carboxylic acids is 2. The summed E-state index contributed by atoms with van der Waals surface area (Å²) in [5.41, 5.74) is 7.35. The lowest BCUT2D eigenvalue weighted by molar-refractivity contribution is 0.0676. The van der Waals surface area contributed by atoms with E-state index in [1.165, 1.54) is 0 Å². The molecule has 4 aromatic rings. The third-order valence-corrected chi connectivity index (χ3v) is 8.80. The molecule has 4 heterocycles. The van der Waals surface area contributed by atoms with Crippen LogP contribution in [0.3, 0.4) is 0 Å². The Labute approximate surface area is 283 Å². The van der Waals surface area contributed by atoms with E-state index < -0.39 is 11.9 Å². The molecule has 4 rings (SSSR count). The van der Waals surface area contributed by atoms with Crippen LogP contribution in [0.5, 0.6) is 0 Å². The molecule has 0 saturated heterocycles. The van der Waals surface area contributed by atoms with E-state index in [2.05, 4.69) is 55.0 Å². The second-order valence-corrected chi connectivity index (χ2v) is 11.9. The Hall–Kier alpha value is -4.58. The summed E-state index contributed by atoms with van der Waals surface area (Å²) in [6, 6.07) is 15.1. The Morgan fingerprint density at radius 3 is 1.25 bits per heavy atom. The normalized spacial score (nSPS) is 11.6. The fourth-order valence-electron chi connectivity index (χ4n) is 6.09. The van der Waals surface area contributed by atoms with Crippen LogP contribution in [-0.4, -0.2) is 88.7 Å². The summed E-state index contributed by atoms with van der Waals surface area (Å²) in [6.45, 7) is 18.7. The largest absolute Gasteiger partial charge is 0.489 e. The van der Waals surface area contributed by atoms with Crippen LogP contribution in [0, 0.1) is 6.08 Å². The van der Waals surface area contributed by atoms with Gasteiger partial charge in [-0.05, 0) is 74.7 Å². The van der Waals surface area contributed by atoms with Crippen LogP contribution >= 0.6 is 0 Å². The molecule has 0 amide bonds. The number of carboxylic acid groups (broad SMARTS) is 2. The summed E-state index contributed by atoms with van der Waals surface area (Å²) in [7, 11) is 3.53. The first-order valence-electron chi connectivity index (χ1n) is 16.5. The summed E-state index contributed by atoms with van der Waals surface area (Å²) in [6.07, 6.45) is 3.05. The van der Waals surface area contributed by atoms with Gasteiger partial charge in [-0.3, -0.25) is 26.3 Å². The molecule has 2 N–H and O–H groups in total. The maximum Gasteiger partial charge on any atom is 0.352 e. The summed E-state index contributed by atoms with van der Waals surface area (Å²) in [5.74, 6) is -1.95. The monoisotopic (exact) mass is 654 g/mol. The third-order valence-electron chi connectivity index (χ3n) is 8.80. The summed E-state index contributed by atoms with van der Waals surface area (Å²) in [4.78, 5) is 40.5. The van der Waals surface area contributed by atoms with Gasteiger partial charge in [0.05, 0.1) is 22.8 Å². The molecule has 0 saturated carbocycles. The quantitative estimate of drug-likeness (QED) is 0.133. The highest BCUT2D eigenvalue weighted by Crippen LogP contribution is 2.27. The third kappa shape index (κ3) is 8.66. The molecule has 0 bridgehead atoms. The first-order chi connectivity index (χ1) is 23.0. The molecular formula is C37H48N7O4-. The number of rotatable bonds is 18. The van der Waals surface area contributed by atoms with Gasteiger partial charge >= 0.3 is 11.9 Å². The van der Waals surface area contributed by atoms with Gasteiger partial charge in [-0.25, -0.2) is 9.59 Å². The minimum Gasteiger partial charge on any atom is -0.489 e. The zero-order valence-corrected chi connectivity index (χ0v) is 29.0. The summed E-state index contributed by atoms with van der Waals surface area (Å²) < 4.78 is 3.40. The second-order valence-electron chi connectivity index (χ2n) is 11.9. The summed E-state index contributed by atoms with van der Waals surface area (Å²) >= 11 is 0. The van der Waals surface area contributed by atoms with E-state index >= 15 is 0 Å². The number of carboxylic acids is 2. The zero-order chi connectivity index (χ0) is 35.0. The lowest BCUT2D eigenvalue weighted by Gasteiger charge is -2.27. The number of hydrogen-bond acceptors (Lipinski definition) is 7. The Balaban J connectivity index is 1.74. The van der Waals surface area contributed by atoms with E-state index in [9.17, 15) is 19.8 Å². The maximum absolute atomic E-state index is 11.8. The highest BCUT2D eigenvalue weighted by Gasteiger charge is 2.18. The molecule has 11 nitrogen and oxygen atoms in total. The van der Waals surface area contributed by atoms with Gasteiger partial charge in [-0.1, -0.05) is 27.7 Å². The van der Waals surface area contributed by atoms with E-state index in [4.69, 9.17) is 9.97 Å². The van der Waals surface area contributed by atoms with Gasteiger partial charge in [-0.15, -0.1) is 6.54 Å². The number of pyridine rings is 2. The Morgan fingerprint density at radius 1 is 0.646 bits per heavy atom. The molecule has 0 fully saturated rings. The molecule has 0 spiro atoms. The van der Waals surface area contributed by atoms with Gasteiger partial charge in [0.15, 0.2) is 0 Å². The lowest BCUT2D eigenvalue weighted by atomic mass is 10.1. The predicted molar refractivity (Wildman–Crippen MR) is 187 cm³/mol. The molecule has 0 aromatic carbocycles. The Morgan fingerprint density at radius 2 is 0.979 bits per heavy atom. The first-order valence-corrected chi connectivity index (χ1v) is 16.5. The molecule has 11 heteroatoms. The lowest BCUT2D eigenvalue weighted by Crippen LogP contribution is -2.26.